The summed E-state index contributed by atoms with van der Waals surface area (Å²) in [6.07, 6.45) is 3.98. The quantitative estimate of drug-likeness (QED) is 0.847. The molecule has 0 aromatic heterocycles. The Bertz CT molecular complexity index is 350. The standard InChI is InChI=1S/C15H22O2/c1-3-17-11-15(2,16)14-9-7-13(8-10-14)12-5-4-6-12/h7-10,12,16H,3-6,11H2,1-2H3. The van der Waals surface area contributed by atoms with Gasteiger partial charge in [-0.05, 0) is 43.7 Å². The van der Waals surface area contributed by atoms with Crippen LogP contribution in [0.2, 0.25) is 0 Å². The molecule has 0 bridgehead atoms. The highest BCUT2D eigenvalue weighted by molar-refractivity contribution is 5.29. The van der Waals surface area contributed by atoms with Gasteiger partial charge in [0.15, 0.2) is 0 Å². The molecule has 1 aliphatic rings. The van der Waals surface area contributed by atoms with Crippen LogP contribution in [-0.4, -0.2) is 18.3 Å². The minimum Gasteiger partial charge on any atom is -0.383 e. The SMILES string of the molecule is CCOCC(C)(O)c1ccc(C2CCC2)cc1. The smallest absolute Gasteiger partial charge is 0.110 e. The Morgan fingerprint density at radius 3 is 2.41 bits per heavy atom. The molecular formula is C15H22O2. The molecule has 1 saturated carbocycles. The maximum Gasteiger partial charge on any atom is 0.110 e. The van der Waals surface area contributed by atoms with Gasteiger partial charge in [0.25, 0.3) is 0 Å². The van der Waals surface area contributed by atoms with E-state index in [4.69, 9.17) is 4.74 Å². The summed E-state index contributed by atoms with van der Waals surface area (Å²) in [4.78, 5) is 0. The Morgan fingerprint density at radius 2 is 1.94 bits per heavy atom. The van der Waals surface area contributed by atoms with Crippen molar-refractivity contribution in [2.75, 3.05) is 13.2 Å². The average Bonchev–Trinajstić information content (AvgIpc) is 2.25. The second kappa shape index (κ2) is 5.19. The number of rotatable bonds is 5. The number of benzene rings is 1. The molecule has 2 rings (SSSR count). The second-order valence-corrected chi connectivity index (χ2v) is 5.16. The Labute approximate surface area is 104 Å². The van der Waals surface area contributed by atoms with Gasteiger partial charge in [-0.3, -0.25) is 0 Å². The lowest BCUT2D eigenvalue weighted by molar-refractivity contribution is -0.0343. The summed E-state index contributed by atoms with van der Waals surface area (Å²) in [5, 5.41) is 10.3. The maximum atomic E-state index is 10.3. The fourth-order valence-electron chi connectivity index (χ4n) is 2.24. The van der Waals surface area contributed by atoms with Crippen molar-refractivity contribution >= 4 is 0 Å². The van der Waals surface area contributed by atoms with E-state index in [1.807, 2.05) is 19.1 Å². The highest BCUT2D eigenvalue weighted by Crippen LogP contribution is 2.36. The number of aliphatic hydroxyl groups is 1. The molecule has 1 N–H and O–H groups in total. The molecule has 1 unspecified atom stereocenters. The molecule has 2 nitrogen and oxygen atoms in total. The van der Waals surface area contributed by atoms with Crippen molar-refractivity contribution in [2.24, 2.45) is 0 Å². The maximum absolute atomic E-state index is 10.3. The monoisotopic (exact) mass is 234 g/mol. The van der Waals surface area contributed by atoms with E-state index in [1.54, 1.807) is 6.92 Å². The molecule has 17 heavy (non-hydrogen) atoms. The van der Waals surface area contributed by atoms with Gasteiger partial charge in [-0.1, -0.05) is 30.7 Å². The third-order valence-corrected chi connectivity index (χ3v) is 3.70. The van der Waals surface area contributed by atoms with Crippen LogP contribution < -0.4 is 0 Å². The van der Waals surface area contributed by atoms with E-state index in [-0.39, 0.29) is 0 Å². The first kappa shape index (κ1) is 12.6. The van der Waals surface area contributed by atoms with Crippen molar-refractivity contribution in [3.63, 3.8) is 0 Å². The van der Waals surface area contributed by atoms with Gasteiger partial charge in [-0.25, -0.2) is 0 Å². The molecule has 0 saturated heterocycles. The van der Waals surface area contributed by atoms with E-state index in [0.29, 0.717) is 13.2 Å². The second-order valence-electron chi connectivity index (χ2n) is 5.16. The number of hydrogen-bond acceptors (Lipinski definition) is 2. The van der Waals surface area contributed by atoms with Crippen LogP contribution in [0.15, 0.2) is 24.3 Å². The number of ether oxygens (including phenoxy) is 1. The summed E-state index contributed by atoms with van der Waals surface area (Å²) in [6, 6.07) is 8.37. The van der Waals surface area contributed by atoms with Crippen LogP contribution in [0, 0.1) is 0 Å². The van der Waals surface area contributed by atoms with E-state index < -0.39 is 5.60 Å². The summed E-state index contributed by atoms with van der Waals surface area (Å²) < 4.78 is 5.31. The van der Waals surface area contributed by atoms with Crippen molar-refractivity contribution in [3.8, 4) is 0 Å². The first-order chi connectivity index (χ1) is 8.13. The van der Waals surface area contributed by atoms with Gasteiger partial charge < -0.3 is 9.84 Å². The molecule has 0 heterocycles. The molecule has 1 aliphatic carbocycles. The van der Waals surface area contributed by atoms with Crippen molar-refractivity contribution in [1.29, 1.82) is 0 Å². The lowest BCUT2D eigenvalue weighted by atomic mass is 9.79. The van der Waals surface area contributed by atoms with E-state index in [9.17, 15) is 5.11 Å². The highest BCUT2D eigenvalue weighted by atomic mass is 16.5. The van der Waals surface area contributed by atoms with Crippen LogP contribution in [0.25, 0.3) is 0 Å². The highest BCUT2D eigenvalue weighted by Gasteiger charge is 2.24. The van der Waals surface area contributed by atoms with Gasteiger partial charge in [0.1, 0.15) is 5.60 Å². The molecule has 0 aliphatic heterocycles. The van der Waals surface area contributed by atoms with Gasteiger partial charge in [-0.15, -0.1) is 0 Å². The lowest BCUT2D eigenvalue weighted by Crippen LogP contribution is -2.27. The summed E-state index contributed by atoms with van der Waals surface area (Å²) in [5.41, 5.74) is 1.47. The van der Waals surface area contributed by atoms with Crippen molar-refractivity contribution in [1.82, 2.24) is 0 Å². The zero-order valence-electron chi connectivity index (χ0n) is 10.8. The fraction of sp³-hybridized carbons (Fsp3) is 0.600. The molecule has 2 heteroatoms. The number of hydrogen-bond donors (Lipinski definition) is 1. The van der Waals surface area contributed by atoms with E-state index in [0.717, 1.165) is 11.5 Å². The van der Waals surface area contributed by atoms with Crippen LogP contribution in [0.3, 0.4) is 0 Å². The molecular weight excluding hydrogens is 212 g/mol. The largest absolute Gasteiger partial charge is 0.383 e. The fourth-order valence-corrected chi connectivity index (χ4v) is 2.24. The molecule has 1 aromatic carbocycles. The predicted molar refractivity (Wildman–Crippen MR) is 69.1 cm³/mol. The molecule has 0 radical (unpaired) electrons. The van der Waals surface area contributed by atoms with Gasteiger partial charge in [-0.2, -0.15) is 0 Å². The summed E-state index contributed by atoms with van der Waals surface area (Å²) in [7, 11) is 0. The summed E-state index contributed by atoms with van der Waals surface area (Å²) in [6.45, 7) is 4.74. The lowest BCUT2D eigenvalue weighted by Gasteiger charge is -2.27. The Kier molecular flexibility index (Phi) is 3.85. The third kappa shape index (κ3) is 2.88. The van der Waals surface area contributed by atoms with E-state index in [1.165, 1.54) is 24.8 Å². The van der Waals surface area contributed by atoms with Crippen LogP contribution in [-0.2, 0) is 10.3 Å². The zero-order valence-corrected chi connectivity index (χ0v) is 10.8. The van der Waals surface area contributed by atoms with Crippen LogP contribution in [0.1, 0.15) is 50.2 Å². The molecule has 1 atom stereocenters. The van der Waals surface area contributed by atoms with E-state index >= 15 is 0 Å². The van der Waals surface area contributed by atoms with E-state index in [2.05, 4.69) is 12.1 Å². The molecule has 0 amide bonds. The predicted octanol–water partition coefficient (Wildman–Crippen LogP) is 3.20. The Balaban J connectivity index is 2.05. The first-order valence-electron chi connectivity index (χ1n) is 6.54. The van der Waals surface area contributed by atoms with Gasteiger partial charge in [0.05, 0.1) is 6.61 Å². The van der Waals surface area contributed by atoms with Gasteiger partial charge in [0, 0.05) is 6.61 Å². The Hall–Kier alpha value is -0.860. The van der Waals surface area contributed by atoms with Crippen LogP contribution >= 0.6 is 0 Å². The van der Waals surface area contributed by atoms with Gasteiger partial charge >= 0.3 is 0 Å². The molecule has 1 aromatic rings. The van der Waals surface area contributed by atoms with Crippen molar-refractivity contribution < 1.29 is 9.84 Å². The summed E-state index contributed by atoms with van der Waals surface area (Å²) >= 11 is 0. The zero-order chi connectivity index (χ0) is 12.3. The molecule has 0 spiro atoms. The van der Waals surface area contributed by atoms with Crippen LogP contribution in [0.4, 0.5) is 0 Å². The third-order valence-electron chi connectivity index (χ3n) is 3.70. The Morgan fingerprint density at radius 1 is 1.29 bits per heavy atom. The first-order valence-corrected chi connectivity index (χ1v) is 6.54. The summed E-state index contributed by atoms with van der Waals surface area (Å²) in [5.74, 6) is 0.751. The normalized spacial score (nSPS) is 19.7. The van der Waals surface area contributed by atoms with Gasteiger partial charge in [0.2, 0.25) is 0 Å². The minimum atomic E-state index is -0.881. The minimum absolute atomic E-state index is 0.353. The average molecular weight is 234 g/mol. The van der Waals surface area contributed by atoms with Crippen molar-refractivity contribution in [2.45, 2.75) is 44.6 Å². The topological polar surface area (TPSA) is 29.5 Å². The van der Waals surface area contributed by atoms with Crippen molar-refractivity contribution in [3.05, 3.63) is 35.4 Å². The molecule has 94 valence electrons. The molecule has 1 fully saturated rings. The van der Waals surface area contributed by atoms with Crippen LogP contribution in [0.5, 0.6) is 0 Å².